The fraction of sp³-hybridized carbons (Fsp3) is 0.458. The molecule has 29 heavy (non-hydrogen) atoms. The number of amides is 1. The van der Waals surface area contributed by atoms with Crippen molar-refractivity contribution < 1.29 is 14.3 Å². The van der Waals surface area contributed by atoms with Crippen LogP contribution >= 0.6 is 11.6 Å². The molecule has 156 valence electrons. The van der Waals surface area contributed by atoms with Crippen LogP contribution in [0.5, 0.6) is 11.5 Å². The monoisotopic (exact) mass is 415 g/mol. The van der Waals surface area contributed by atoms with Gasteiger partial charge in [-0.25, -0.2) is 0 Å². The maximum atomic E-state index is 13.3. The van der Waals surface area contributed by atoms with E-state index in [1.54, 1.807) is 0 Å². The summed E-state index contributed by atoms with van der Waals surface area (Å²) in [6.07, 6.45) is 0.867. The normalized spacial score (nSPS) is 15.7. The minimum Gasteiger partial charge on any atom is -0.490 e. The Kier molecular flexibility index (Phi) is 7.07. The van der Waals surface area contributed by atoms with Crippen LogP contribution in [0.15, 0.2) is 42.5 Å². The summed E-state index contributed by atoms with van der Waals surface area (Å²) in [5.41, 5.74) is 2.00. The van der Waals surface area contributed by atoms with E-state index in [4.69, 9.17) is 21.1 Å². The number of halogens is 1. The van der Waals surface area contributed by atoms with Crippen LogP contribution in [-0.2, 0) is 4.79 Å². The van der Waals surface area contributed by atoms with Gasteiger partial charge in [0, 0.05) is 11.4 Å². The summed E-state index contributed by atoms with van der Waals surface area (Å²) in [7, 11) is 0. The minimum atomic E-state index is -0.242. The van der Waals surface area contributed by atoms with E-state index in [-0.39, 0.29) is 29.7 Å². The minimum absolute atomic E-state index is 0.0214. The van der Waals surface area contributed by atoms with Crippen molar-refractivity contribution in [3.63, 3.8) is 0 Å². The van der Waals surface area contributed by atoms with E-state index in [2.05, 4.69) is 33.0 Å². The number of rotatable bonds is 6. The van der Waals surface area contributed by atoms with Gasteiger partial charge in [-0.05, 0) is 47.2 Å². The highest BCUT2D eigenvalue weighted by molar-refractivity contribution is 6.30. The molecule has 5 heteroatoms. The van der Waals surface area contributed by atoms with E-state index in [0.717, 1.165) is 29.0 Å². The molecule has 0 aliphatic carbocycles. The highest BCUT2D eigenvalue weighted by Gasteiger charge is 2.28. The Labute approximate surface area is 178 Å². The number of ether oxygens (including phenoxy) is 2. The van der Waals surface area contributed by atoms with Crippen LogP contribution in [0.3, 0.4) is 0 Å². The Hall–Kier alpha value is -2.20. The molecule has 4 nitrogen and oxygen atoms in total. The molecule has 0 aromatic heterocycles. The van der Waals surface area contributed by atoms with Gasteiger partial charge in [-0.15, -0.1) is 0 Å². The smallest absolute Gasteiger partial charge is 0.228 e. The molecule has 0 unspecified atom stereocenters. The van der Waals surface area contributed by atoms with Gasteiger partial charge < -0.3 is 14.8 Å². The van der Waals surface area contributed by atoms with Gasteiger partial charge in [-0.1, -0.05) is 57.5 Å². The molecule has 0 radical (unpaired) electrons. The standard InChI is InChI=1S/C24H30ClNO3/c1-15(2)22(17-6-9-19(25)10-7-17)24(27)26-23(16(3)4)18-8-11-20-21(14-18)29-13-5-12-28-20/h6-11,14-16,22-23H,5,12-13H2,1-4H3,(H,26,27)/t22-,23+/m0/s1. The van der Waals surface area contributed by atoms with Crippen molar-refractivity contribution in [3.8, 4) is 11.5 Å². The van der Waals surface area contributed by atoms with Crippen LogP contribution in [0.2, 0.25) is 5.02 Å². The van der Waals surface area contributed by atoms with Gasteiger partial charge in [0.2, 0.25) is 5.91 Å². The second-order valence-corrected chi connectivity index (χ2v) is 8.70. The topological polar surface area (TPSA) is 47.6 Å². The summed E-state index contributed by atoms with van der Waals surface area (Å²) in [5, 5.41) is 3.95. The summed E-state index contributed by atoms with van der Waals surface area (Å²) in [5.74, 6) is 1.68. The molecule has 2 aromatic rings. The number of carbonyl (C=O) groups excluding carboxylic acids is 1. The Bertz CT molecular complexity index is 833. The summed E-state index contributed by atoms with van der Waals surface area (Å²) in [4.78, 5) is 13.3. The number of carbonyl (C=O) groups is 1. The Morgan fingerprint density at radius 1 is 0.897 bits per heavy atom. The fourth-order valence-corrected chi connectivity index (χ4v) is 3.89. The van der Waals surface area contributed by atoms with Crippen LogP contribution in [0.4, 0.5) is 0 Å². The number of nitrogens with one attached hydrogen (secondary N) is 1. The first kappa shape index (κ1) is 21.5. The van der Waals surface area contributed by atoms with Gasteiger partial charge in [0.1, 0.15) is 0 Å². The average Bonchev–Trinajstić information content (AvgIpc) is 2.92. The van der Waals surface area contributed by atoms with Crippen LogP contribution < -0.4 is 14.8 Å². The lowest BCUT2D eigenvalue weighted by atomic mass is 9.86. The summed E-state index contributed by atoms with van der Waals surface area (Å²) < 4.78 is 11.6. The summed E-state index contributed by atoms with van der Waals surface area (Å²) in [6.45, 7) is 9.66. The van der Waals surface area contributed by atoms with Crippen LogP contribution in [-0.4, -0.2) is 19.1 Å². The number of fused-ring (bicyclic) bond motifs is 1. The molecule has 1 aliphatic rings. The Morgan fingerprint density at radius 3 is 2.14 bits per heavy atom. The zero-order valence-corrected chi connectivity index (χ0v) is 18.3. The van der Waals surface area contributed by atoms with E-state index >= 15 is 0 Å². The fourth-order valence-electron chi connectivity index (χ4n) is 3.76. The van der Waals surface area contributed by atoms with Gasteiger partial charge in [-0.2, -0.15) is 0 Å². The van der Waals surface area contributed by atoms with E-state index < -0.39 is 0 Å². The van der Waals surface area contributed by atoms with Crippen molar-refractivity contribution in [1.82, 2.24) is 5.32 Å². The predicted octanol–water partition coefficient (Wildman–Crippen LogP) is 5.75. The highest BCUT2D eigenvalue weighted by atomic mass is 35.5. The van der Waals surface area contributed by atoms with Crippen molar-refractivity contribution in [3.05, 3.63) is 58.6 Å². The third-order valence-corrected chi connectivity index (χ3v) is 5.53. The van der Waals surface area contributed by atoms with Gasteiger partial charge >= 0.3 is 0 Å². The molecule has 0 bridgehead atoms. The van der Waals surface area contributed by atoms with Gasteiger partial charge in [-0.3, -0.25) is 4.79 Å². The van der Waals surface area contributed by atoms with Gasteiger partial charge in [0.25, 0.3) is 0 Å². The summed E-state index contributed by atoms with van der Waals surface area (Å²) >= 11 is 6.03. The van der Waals surface area contributed by atoms with Gasteiger partial charge in [0.15, 0.2) is 11.5 Å². The van der Waals surface area contributed by atoms with Crippen molar-refractivity contribution in [2.24, 2.45) is 11.8 Å². The lowest BCUT2D eigenvalue weighted by Gasteiger charge is -2.28. The molecule has 0 saturated carbocycles. The molecule has 0 fully saturated rings. The first-order chi connectivity index (χ1) is 13.9. The van der Waals surface area contributed by atoms with Crippen LogP contribution in [0, 0.1) is 11.8 Å². The molecule has 0 spiro atoms. The highest BCUT2D eigenvalue weighted by Crippen LogP contribution is 2.35. The Morgan fingerprint density at radius 2 is 1.52 bits per heavy atom. The van der Waals surface area contributed by atoms with Gasteiger partial charge in [0.05, 0.1) is 25.2 Å². The maximum Gasteiger partial charge on any atom is 0.228 e. The first-order valence-electron chi connectivity index (χ1n) is 10.3. The lowest BCUT2D eigenvalue weighted by molar-refractivity contribution is -0.124. The van der Waals surface area contributed by atoms with E-state index in [1.165, 1.54) is 0 Å². The molecule has 3 rings (SSSR count). The number of benzene rings is 2. The van der Waals surface area contributed by atoms with E-state index in [0.29, 0.717) is 18.2 Å². The quantitative estimate of drug-likeness (QED) is 0.652. The van der Waals surface area contributed by atoms with E-state index in [1.807, 2.05) is 42.5 Å². The SMILES string of the molecule is CC(C)[C@H](C(=O)N[C@@H](c1ccc2c(c1)OCCCO2)C(C)C)c1ccc(Cl)cc1. The molecule has 2 aromatic carbocycles. The molecule has 1 aliphatic heterocycles. The molecular weight excluding hydrogens is 386 g/mol. The third kappa shape index (κ3) is 5.24. The van der Waals surface area contributed by atoms with Crippen molar-refractivity contribution >= 4 is 17.5 Å². The predicted molar refractivity (Wildman–Crippen MR) is 117 cm³/mol. The molecule has 1 N–H and O–H groups in total. The van der Waals surface area contributed by atoms with Crippen LogP contribution in [0.25, 0.3) is 0 Å². The maximum absolute atomic E-state index is 13.3. The average molecular weight is 416 g/mol. The van der Waals surface area contributed by atoms with E-state index in [9.17, 15) is 4.79 Å². The third-order valence-electron chi connectivity index (χ3n) is 5.27. The Balaban J connectivity index is 1.85. The number of hydrogen-bond donors (Lipinski definition) is 1. The lowest BCUT2D eigenvalue weighted by Crippen LogP contribution is -2.37. The zero-order chi connectivity index (χ0) is 21.0. The molecule has 0 saturated heterocycles. The second-order valence-electron chi connectivity index (χ2n) is 8.26. The molecule has 1 heterocycles. The van der Waals surface area contributed by atoms with Crippen molar-refractivity contribution in [1.29, 1.82) is 0 Å². The molecule has 1 amide bonds. The first-order valence-corrected chi connectivity index (χ1v) is 10.7. The van der Waals surface area contributed by atoms with Crippen LogP contribution in [0.1, 0.15) is 57.2 Å². The van der Waals surface area contributed by atoms with Crippen molar-refractivity contribution in [2.75, 3.05) is 13.2 Å². The summed E-state index contributed by atoms with van der Waals surface area (Å²) in [6, 6.07) is 13.4. The zero-order valence-electron chi connectivity index (χ0n) is 17.6. The second kappa shape index (κ2) is 9.53. The molecule has 2 atom stereocenters. The van der Waals surface area contributed by atoms with Crippen molar-refractivity contribution in [2.45, 2.75) is 46.1 Å². The molecular formula is C24H30ClNO3. The largest absolute Gasteiger partial charge is 0.490 e. The number of hydrogen-bond acceptors (Lipinski definition) is 3.